The number of quaternary nitrogens is 1. The molecular formula is C42H84N2O8P+. The van der Waals surface area contributed by atoms with E-state index in [0.29, 0.717) is 17.6 Å². The van der Waals surface area contributed by atoms with Crippen LogP contribution in [0.3, 0.4) is 0 Å². The largest absolute Gasteiger partial charge is 0.472 e. The zero-order chi connectivity index (χ0) is 39.3. The lowest BCUT2D eigenvalue weighted by atomic mass is 10.0. The van der Waals surface area contributed by atoms with E-state index < -0.39 is 26.6 Å². The number of allylic oxidation sites excluding steroid dienone is 2. The first-order valence-corrected chi connectivity index (χ1v) is 23.2. The summed E-state index contributed by atoms with van der Waals surface area (Å²) in [6, 6.07) is 0. The molecule has 1 unspecified atom stereocenters. The summed E-state index contributed by atoms with van der Waals surface area (Å²) >= 11 is 0. The third kappa shape index (κ3) is 40.0. The average molecular weight is 776 g/mol. The van der Waals surface area contributed by atoms with Gasteiger partial charge in [-0.15, -0.1) is 0 Å². The molecule has 0 spiro atoms. The van der Waals surface area contributed by atoms with Gasteiger partial charge in [0.05, 0.1) is 27.7 Å². The number of nitrogens with one attached hydrogen (secondary N) is 1. The predicted molar refractivity (Wildman–Crippen MR) is 219 cm³/mol. The maximum absolute atomic E-state index is 12.6. The average Bonchev–Trinajstić information content (AvgIpc) is 3.10. The highest BCUT2D eigenvalue weighted by Crippen LogP contribution is 2.43. The molecule has 0 radical (unpaired) electrons. The van der Waals surface area contributed by atoms with Crippen molar-refractivity contribution in [1.29, 1.82) is 0 Å². The normalized spacial score (nSPS) is 13.6. The number of carbonyl (C=O) groups is 2. The minimum absolute atomic E-state index is 0.0218. The fourth-order valence-corrected chi connectivity index (χ4v) is 6.63. The molecule has 0 aliphatic rings. The van der Waals surface area contributed by atoms with Crippen LogP contribution < -0.4 is 5.32 Å². The van der Waals surface area contributed by atoms with Crippen LogP contribution >= 0.6 is 7.82 Å². The maximum atomic E-state index is 12.6. The summed E-state index contributed by atoms with van der Waals surface area (Å²) in [5, 5.41) is 2.75. The first kappa shape index (κ1) is 51.5. The number of carbonyl (C=O) groups excluding carboxylic acids is 2. The van der Waals surface area contributed by atoms with Crippen LogP contribution in [0, 0.1) is 0 Å². The van der Waals surface area contributed by atoms with Crippen molar-refractivity contribution in [2.45, 2.75) is 193 Å². The van der Waals surface area contributed by atoms with E-state index in [4.69, 9.17) is 18.5 Å². The zero-order valence-corrected chi connectivity index (χ0v) is 36.0. The quantitative estimate of drug-likeness (QED) is 0.0208. The van der Waals surface area contributed by atoms with Gasteiger partial charge in [0.2, 0.25) is 0 Å². The maximum Gasteiger partial charge on any atom is 0.472 e. The zero-order valence-electron chi connectivity index (χ0n) is 35.1. The van der Waals surface area contributed by atoms with Crippen molar-refractivity contribution in [3.05, 3.63) is 12.2 Å². The Labute approximate surface area is 326 Å². The lowest BCUT2D eigenvalue weighted by Gasteiger charge is -2.24. The number of unbranched alkanes of at least 4 members (excludes halogenated alkanes) is 23. The molecule has 10 nitrogen and oxygen atoms in total. The van der Waals surface area contributed by atoms with Crippen molar-refractivity contribution in [3.8, 4) is 0 Å². The Balaban J connectivity index is 4.34. The van der Waals surface area contributed by atoms with Gasteiger partial charge in [-0.25, -0.2) is 9.36 Å². The first-order chi connectivity index (χ1) is 25.5. The van der Waals surface area contributed by atoms with Crippen LogP contribution in [0.25, 0.3) is 0 Å². The minimum Gasteiger partial charge on any atom is -0.462 e. The number of phosphoric acid groups is 1. The Kier molecular flexibility index (Phi) is 35.2. The van der Waals surface area contributed by atoms with Crippen molar-refractivity contribution >= 4 is 19.9 Å². The highest BCUT2D eigenvalue weighted by molar-refractivity contribution is 7.47. The number of alkyl carbamates (subject to hydrolysis) is 1. The number of hydrogen-bond acceptors (Lipinski definition) is 7. The molecule has 0 fully saturated rings. The first-order valence-electron chi connectivity index (χ1n) is 21.7. The van der Waals surface area contributed by atoms with E-state index in [1.807, 2.05) is 21.1 Å². The van der Waals surface area contributed by atoms with E-state index >= 15 is 0 Å². The van der Waals surface area contributed by atoms with E-state index in [-0.39, 0.29) is 25.6 Å². The van der Waals surface area contributed by atoms with Gasteiger partial charge in [0.25, 0.3) is 0 Å². The molecular weight excluding hydrogens is 691 g/mol. The van der Waals surface area contributed by atoms with Crippen LogP contribution in [0.4, 0.5) is 4.79 Å². The summed E-state index contributed by atoms with van der Waals surface area (Å²) in [6.07, 6.45) is 34.6. The Bertz CT molecular complexity index is 927. The molecule has 0 aromatic carbocycles. The topological polar surface area (TPSA) is 120 Å². The smallest absolute Gasteiger partial charge is 0.462 e. The van der Waals surface area contributed by atoms with Crippen LogP contribution in [0.5, 0.6) is 0 Å². The Hall–Kier alpha value is -1.45. The molecule has 0 saturated heterocycles. The standard InChI is InChI=1S/C42H83N2O8P/c1-6-8-10-12-14-16-18-20-21-23-25-27-29-31-33-35-43-42(46)52-40(39-51-53(47,48)50-37-36-44(3,4)5)38-49-41(45)34-32-30-28-26-24-22-19-17-15-13-11-9-7-2/h16,18,40H,6-15,17,19-39H2,1-5H3,(H-,43,46,47,48)/p+1/t40-/m1/s1. The number of rotatable bonds is 39. The van der Waals surface area contributed by atoms with Gasteiger partial charge in [0.1, 0.15) is 19.8 Å². The van der Waals surface area contributed by atoms with Crippen molar-refractivity contribution in [3.63, 3.8) is 0 Å². The van der Waals surface area contributed by atoms with Gasteiger partial charge in [-0.05, 0) is 38.5 Å². The van der Waals surface area contributed by atoms with Crippen LogP contribution in [0.2, 0.25) is 0 Å². The predicted octanol–water partition coefficient (Wildman–Crippen LogP) is 11.6. The van der Waals surface area contributed by atoms with Gasteiger partial charge >= 0.3 is 19.9 Å². The second-order valence-corrected chi connectivity index (χ2v) is 17.3. The molecule has 0 heterocycles. The lowest BCUT2D eigenvalue weighted by Crippen LogP contribution is -2.37. The van der Waals surface area contributed by atoms with Crippen LogP contribution in [0.1, 0.15) is 187 Å². The number of ether oxygens (including phenoxy) is 2. The Morgan fingerprint density at radius 3 is 1.60 bits per heavy atom. The van der Waals surface area contributed by atoms with Crippen molar-refractivity contribution in [2.24, 2.45) is 0 Å². The van der Waals surface area contributed by atoms with Crippen LogP contribution in [-0.4, -0.2) is 81.6 Å². The number of esters is 1. The van der Waals surface area contributed by atoms with Crippen molar-refractivity contribution in [2.75, 3.05) is 54.1 Å². The van der Waals surface area contributed by atoms with Crippen LogP contribution in [-0.2, 0) is 27.9 Å². The SMILES string of the molecule is CCCCCCC=CCCCCCCCCCNC(=O)O[C@H](COC(=O)CCCCCCCCCCCCCCC)COP(=O)(O)OCC[N+](C)(C)C. The van der Waals surface area contributed by atoms with Gasteiger partial charge in [0.15, 0.2) is 6.10 Å². The summed E-state index contributed by atoms with van der Waals surface area (Å²) in [6.45, 7) is 4.77. The van der Waals surface area contributed by atoms with E-state index in [2.05, 4.69) is 31.3 Å². The molecule has 11 heteroatoms. The van der Waals surface area contributed by atoms with Crippen molar-refractivity contribution < 1.29 is 42.1 Å². The van der Waals surface area contributed by atoms with Gasteiger partial charge in [-0.1, -0.05) is 154 Å². The molecule has 0 aliphatic heterocycles. The molecule has 2 N–H and O–H groups in total. The minimum atomic E-state index is -4.39. The fourth-order valence-electron chi connectivity index (χ4n) is 5.89. The molecule has 0 aliphatic carbocycles. The lowest BCUT2D eigenvalue weighted by molar-refractivity contribution is -0.870. The summed E-state index contributed by atoms with van der Waals surface area (Å²) in [5.74, 6) is -0.386. The number of nitrogens with zero attached hydrogens (tertiary/aromatic N) is 1. The molecule has 0 saturated carbocycles. The summed E-state index contributed by atoms with van der Waals surface area (Å²) in [5.41, 5.74) is 0. The monoisotopic (exact) mass is 776 g/mol. The van der Waals surface area contributed by atoms with Gasteiger partial charge < -0.3 is 24.2 Å². The number of phosphoric ester groups is 1. The third-order valence-corrected chi connectivity index (χ3v) is 10.3. The molecule has 0 aromatic heterocycles. The Morgan fingerprint density at radius 2 is 1.09 bits per heavy atom. The molecule has 0 aromatic rings. The van der Waals surface area contributed by atoms with Gasteiger partial charge in [-0.3, -0.25) is 13.8 Å². The molecule has 2 atom stereocenters. The third-order valence-electron chi connectivity index (χ3n) is 9.34. The van der Waals surface area contributed by atoms with Gasteiger partial charge in [-0.2, -0.15) is 0 Å². The van der Waals surface area contributed by atoms with E-state index in [1.54, 1.807) is 0 Å². The van der Waals surface area contributed by atoms with Crippen molar-refractivity contribution in [1.82, 2.24) is 5.32 Å². The highest BCUT2D eigenvalue weighted by atomic mass is 31.2. The second kappa shape index (κ2) is 36.2. The molecule has 53 heavy (non-hydrogen) atoms. The number of amides is 1. The molecule has 0 rings (SSSR count). The summed E-state index contributed by atoms with van der Waals surface area (Å²) in [4.78, 5) is 35.2. The van der Waals surface area contributed by atoms with Gasteiger partial charge in [0, 0.05) is 13.0 Å². The van der Waals surface area contributed by atoms with E-state index in [1.165, 1.54) is 128 Å². The molecule has 314 valence electrons. The molecule has 1 amide bonds. The molecule has 0 bridgehead atoms. The van der Waals surface area contributed by atoms with E-state index in [0.717, 1.165) is 38.5 Å². The van der Waals surface area contributed by atoms with Crippen LogP contribution in [0.15, 0.2) is 12.2 Å². The Morgan fingerprint density at radius 1 is 0.642 bits per heavy atom. The second-order valence-electron chi connectivity index (χ2n) is 15.8. The summed E-state index contributed by atoms with van der Waals surface area (Å²) in [7, 11) is 1.44. The summed E-state index contributed by atoms with van der Waals surface area (Å²) < 4.78 is 34.1. The number of likely N-dealkylation sites (N-methyl/N-ethyl adjacent to an activating group) is 1. The number of hydrogen-bond donors (Lipinski definition) is 2. The highest BCUT2D eigenvalue weighted by Gasteiger charge is 2.27. The fraction of sp³-hybridized carbons (Fsp3) is 0.905. The van der Waals surface area contributed by atoms with E-state index in [9.17, 15) is 19.0 Å².